The molecule has 3 rings (SSSR count). The van der Waals surface area contributed by atoms with Gasteiger partial charge in [0.1, 0.15) is 5.75 Å². The number of nitro groups is 1. The molecule has 7 heteroatoms. The van der Waals surface area contributed by atoms with E-state index >= 15 is 0 Å². The summed E-state index contributed by atoms with van der Waals surface area (Å²) in [6.07, 6.45) is 3.86. The summed E-state index contributed by atoms with van der Waals surface area (Å²) in [5.41, 5.74) is 2.23. The Balaban J connectivity index is 1.43. The highest BCUT2D eigenvalue weighted by atomic mass is 16.6. The Morgan fingerprint density at radius 2 is 1.97 bits per heavy atom. The predicted octanol–water partition coefficient (Wildman–Crippen LogP) is 3.66. The van der Waals surface area contributed by atoms with Gasteiger partial charge in [0, 0.05) is 25.2 Å². The predicted molar refractivity (Wildman–Crippen MR) is 111 cm³/mol. The summed E-state index contributed by atoms with van der Waals surface area (Å²) >= 11 is 0. The van der Waals surface area contributed by atoms with Gasteiger partial charge in [-0.3, -0.25) is 19.8 Å². The van der Waals surface area contributed by atoms with Crippen LogP contribution in [-0.4, -0.2) is 34.9 Å². The van der Waals surface area contributed by atoms with E-state index in [-0.39, 0.29) is 18.2 Å². The third-order valence-electron chi connectivity index (χ3n) is 5.24. The number of nitro benzene ring substituents is 1. The number of nitrogens with zero attached hydrogens (tertiary/aromatic N) is 2. The molecule has 2 aromatic carbocycles. The molecule has 1 amide bonds. The Labute approximate surface area is 170 Å². The maximum Gasteiger partial charge on any atom is 0.273 e. The third kappa shape index (κ3) is 6.29. The average molecular weight is 397 g/mol. The molecule has 1 fully saturated rings. The fourth-order valence-corrected chi connectivity index (χ4v) is 3.48. The molecule has 1 heterocycles. The number of piperidine rings is 1. The van der Waals surface area contributed by atoms with Crippen LogP contribution in [0, 0.1) is 10.1 Å². The van der Waals surface area contributed by atoms with Gasteiger partial charge in [-0.2, -0.15) is 0 Å². The molecule has 0 radical (unpaired) electrons. The van der Waals surface area contributed by atoms with Crippen LogP contribution < -0.4 is 10.1 Å². The van der Waals surface area contributed by atoms with Crippen molar-refractivity contribution in [3.63, 3.8) is 0 Å². The number of carbonyl (C=O) groups is 1. The quantitative estimate of drug-likeness (QED) is 0.543. The molecule has 0 aromatic heterocycles. The first-order valence-corrected chi connectivity index (χ1v) is 9.97. The van der Waals surface area contributed by atoms with Crippen LogP contribution in [0.2, 0.25) is 0 Å². The molecule has 1 saturated heterocycles. The molecule has 1 N–H and O–H groups in total. The molecule has 154 valence electrons. The minimum atomic E-state index is -0.497. The zero-order valence-corrected chi connectivity index (χ0v) is 16.7. The van der Waals surface area contributed by atoms with E-state index < -0.39 is 4.92 Å². The fraction of sp³-hybridized carbons (Fsp3) is 0.409. The molecule has 0 saturated carbocycles. The van der Waals surface area contributed by atoms with Crippen LogP contribution in [-0.2, 0) is 17.9 Å². The van der Waals surface area contributed by atoms with Crippen LogP contribution in [0.5, 0.6) is 5.75 Å². The van der Waals surface area contributed by atoms with Gasteiger partial charge in [0.05, 0.1) is 11.0 Å². The van der Waals surface area contributed by atoms with Crippen molar-refractivity contribution in [2.45, 2.75) is 45.3 Å². The summed E-state index contributed by atoms with van der Waals surface area (Å²) in [5, 5.41) is 13.6. The van der Waals surface area contributed by atoms with Crippen molar-refractivity contribution in [1.82, 2.24) is 10.2 Å². The zero-order chi connectivity index (χ0) is 20.6. The number of non-ortho nitro benzene ring substituents is 1. The topological polar surface area (TPSA) is 84.7 Å². The second-order valence-electron chi connectivity index (χ2n) is 7.45. The van der Waals surface area contributed by atoms with Gasteiger partial charge in [-0.15, -0.1) is 0 Å². The van der Waals surface area contributed by atoms with E-state index in [9.17, 15) is 14.9 Å². The van der Waals surface area contributed by atoms with Crippen LogP contribution in [0.25, 0.3) is 0 Å². The molecule has 1 atom stereocenters. The first kappa shape index (κ1) is 20.8. The van der Waals surface area contributed by atoms with Crippen LogP contribution in [0.1, 0.15) is 37.3 Å². The number of hydrogen-bond acceptors (Lipinski definition) is 5. The molecule has 1 unspecified atom stereocenters. The van der Waals surface area contributed by atoms with Crippen LogP contribution >= 0.6 is 0 Å². The normalized spacial score (nSPS) is 16.9. The van der Waals surface area contributed by atoms with Crippen LogP contribution in [0.15, 0.2) is 48.5 Å². The first-order chi connectivity index (χ1) is 14.0. The minimum Gasteiger partial charge on any atom is -0.484 e. The lowest BCUT2D eigenvalue weighted by Gasteiger charge is -2.33. The molecule has 0 aliphatic carbocycles. The van der Waals surface area contributed by atoms with Crippen molar-refractivity contribution in [1.29, 1.82) is 0 Å². The third-order valence-corrected chi connectivity index (χ3v) is 5.24. The van der Waals surface area contributed by atoms with Gasteiger partial charge in [-0.05, 0) is 43.5 Å². The Morgan fingerprint density at radius 1 is 1.21 bits per heavy atom. The van der Waals surface area contributed by atoms with Gasteiger partial charge in [0.2, 0.25) is 0 Å². The summed E-state index contributed by atoms with van der Waals surface area (Å²) in [5.74, 6) is 0.0216. The molecule has 0 spiro atoms. The molecule has 29 heavy (non-hydrogen) atoms. The first-order valence-electron chi connectivity index (χ1n) is 9.97. The number of amides is 1. The van der Waals surface area contributed by atoms with Gasteiger partial charge in [-0.25, -0.2) is 0 Å². The van der Waals surface area contributed by atoms with E-state index in [0.29, 0.717) is 18.3 Å². The maximum absolute atomic E-state index is 12.0. The number of benzene rings is 2. The lowest BCUT2D eigenvalue weighted by Crippen LogP contribution is -2.36. The molecular formula is C22H27N3O4. The van der Waals surface area contributed by atoms with Gasteiger partial charge < -0.3 is 10.1 Å². The molecule has 2 aromatic rings. The second-order valence-corrected chi connectivity index (χ2v) is 7.45. The summed E-state index contributed by atoms with van der Waals surface area (Å²) in [4.78, 5) is 24.8. The Kier molecular flexibility index (Phi) is 7.19. The van der Waals surface area contributed by atoms with Crippen molar-refractivity contribution >= 4 is 11.6 Å². The van der Waals surface area contributed by atoms with E-state index in [1.165, 1.54) is 43.0 Å². The minimum absolute atomic E-state index is 0.0676. The largest absolute Gasteiger partial charge is 0.484 e. The summed E-state index contributed by atoms with van der Waals surface area (Å²) in [7, 11) is 0. The van der Waals surface area contributed by atoms with E-state index in [1.54, 1.807) is 6.07 Å². The second kappa shape index (κ2) is 10.0. The van der Waals surface area contributed by atoms with E-state index in [0.717, 1.165) is 18.7 Å². The molecule has 7 nitrogen and oxygen atoms in total. The smallest absolute Gasteiger partial charge is 0.273 e. The van der Waals surface area contributed by atoms with E-state index in [1.807, 2.05) is 12.1 Å². The monoisotopic (exact) mass is 397 g/mol. The summed E-state index contributed by atoms with van der Waals surface area (Å²) in [6.45, 7) is 4.64. The van der Waals surface area contributed by atoms with Gasteiger partial charge >= 0.3 is 0 Å². The zero-order valence-electron chi connectivity index (χ0n) is 16.7. The number of ether oxygens (including phenoxy) is 1. The Morgan fingerprint density at radius 3 is 2.69 bits per heavy atom. The highest BCUT2D eigenvalue weighted by molar-refractivity contribution is 5.77. The Hall–Kier alpha value is -2.93. The number of hydrogen-bond donors (Lipinski definition) is 1. The number of carbonyl (C=O) groups excluding carboxylic acids is 1. The SMILES string of the molecule is CC1CCCCN1Cc1ccc(CNC(=O)COc2cccc([N+](=O)[O-])c2)cc1. The van der Waals surface area contributed by atoms with E-state index in [4.69, 9.17) is 4.74 Å². The molecular weight excluding hydrogens is 370 g/mol. The van der Waals surface area contributed by atoms with Crippen molar-refractivity contribution in [2.24, 2.45) is 0 Å². The maximum atomic E-state index is 12.0. The van der Waals surface area contributed by atoms with Gasteiger partial charge in [0.25, 0.3) is 11.6 Å². The van der Waals surface area contributed by atoms with E-state index in [2.05, 4.69) is 29.3 Å². The summed E-state index contributed by atoms with van der Waals surface area (Å²) < 4.78 is 5.34. The lowest BCUT2D eigenvalue weighted by atomic mass is 10.0. The number of likely N-dealkylation sites (tertiary alicyclic amines) is 1. The Bertz CT molecular complexity index is 838. The van der Waals surface area contributed by atoms with Crippen LogP contribution in [0.4, 0.5) is 5.69 Å². The van der Waals surface area contributed by atoms with Crippen molar-refractivity contribution < 1.29 is 14.5 Å². The fourth-order valence-electron chi connectivity index (χ4n) is 3.48. The van der Waals surface area contributed by atoms with Gasteiger partial charge in [0.15, 0.2) is 6.61 Å². The average Bonchev–Trinajstić information content (AvgIpc) is 2.73. The van der Waals surface area contributed by atoms with Crippen molar-refractivity contribution in [3.05, 3.63) is 69.8 Å². The van der Waals surface area contributed by atoms with Gasteiger partial charge in [-0.1, -0.05) is 36.8 Å². The molecule has 1 aliphatic rings. The van der Waals surface area contributed by atoms with Crippen LogP contribution in [0.3, 0.4) is 0 Å². The highest BCUT2D eigenvalue weighted by Crippen LogP contribution is 2.20. The number of nitrogens with one attached hydrogen (secondary N) is 1. The summed E-state index contributed by atoms with van der Waals surface area (Å²) in [6, 6.07) is 14.7. The van der Waals surface area contributed by atoms with Crippen molar-refractivity contribution in [2.75, 3.05) is 13.2 Å². The molecule has 1 aliphatic heterocycles. The number of rotatable bonds is 8. The van der Waals surface area contributed by atoms with Crippen molar-refractivity contribution in [3.8, 4) is 5.75 Å². The highest BCUT2D eigenvalue weighted by Gasteiger charge is 2.18. The lowest BCUT2D eigenvalue weighted by molar-refractivity contribution is -0.384. The molecule has 0 bridgehead atoms. The standard InChI is InChI=1S/C22H27N3O4/c1-17-5-2-3-12-24(17)15-19-10-8-18(9-11-19)14-23-22(26)16-29-21-7-4-6-20(13-21)25(27)28/h4,6-11,13,17H,2-3,5,12,14-16H2,1H3,(H,23,26).